The summed E-state index contributed by atoms with van der Waals surface area (Å²) in [6, 6.07) is 5.64. The van der Waals surface area contributed by atoms with E-state index in [2.05, 4.69) is 6.58 Å². The van der Waals surface area contributed by atoms with Gasteiger partial charge in [0.15, 0.2) is 11.5 Å². The third-order valence-electron chi connectivity index (χ3n) is 3.85. The summed E-state index contributed by atoms with van der Waals surface area (Å²) in [6.45, 7) is 9.19. The van der Waals surface area contributed by atoms with Gasteiger partial charge in [-0.1, -0.05) is 18.7 Å². The molecule has 1 aromatic rings. The maximum absolute atomic E-state index is 12.4. The summed E-state index contributed by atoms with van der Waals surface area (Å²) in [7, 11) is 1.59. The molecule has 0 saturated carbocycles. The summed E-state index contributed by atoms with van der Waals surface area (Å²) in [6.07, 6.45) is 5.12. The van der Waals surface area contributed by atoms with Crippen LogP contribution in [0, 0.1) is 0 Å². The topological polar surface area (TPSA) is 48.0 Å². The highest BCUT2D eigenvalue weighted by Crippen LogP contribution is 2.28. The number of benzene rings is 1. The second kappa shape index (κ2) is 8.55. The van der Waals surface area contributed by atoms with E-state index in [1.165, 1.54) is 0 Å². The first-order valence-corrected chi connectivity index (χ1v) is 8.07. The minimum absolute atomic E-state index is 0.0106. The SMILES string of the molecule is C=CCOc1ccc(/C=C/C(=O)N2CC(C)OCC2C)cc1OC. The molecule has 1 fully saturated rings. The first-order valence-electron chi connectivity index (χ1n) is 8.07. The molecule has 0 aliphatic carbocycles. The Balaban J connectivity index is 2.07. The number of methoxy groups -OCH3 is 1. The van der Waals surface area contributed by atoms with Gasteiger partial charge in [0.25, 0.3) is 0 Å². The predicted octanol–water partition coefficient (Wildman–Crippen LogP) is 2.91. The number of amides is 1. The van der Waals surface area contributed by atoms with Crippen LogP contribution in [0.2, 0.25) is 0 Å². The van der Waals surface area contributed by atoms with Crippen molar-refractivity contribution in [2.75, 3.05) is 26.9 Å². The molecule has 1 aliphatic heterocycles. The molecule has 0 aromatic heterocycles. The monoisotopic (exact) mass is 331 g/mol. The minimum Gasteiger partial charge on any atom is -0.493 e. The van der Waals surface area contributed by atoms with Crippen molar-refractivity contribution in [2.45, 2.75) is 26.0 Å². The van der Waals surface area contributed by atoms with Crippen molar-refractivity contribution in [1.29, 1.82) is 0 Å². The van der Waals surface area contributed by atoms with Crippen LogP contribution in [0.5, 0.6) is 11.5 Å². The van der Waals surface area contributed by atoms with E-state index < -0.39 is 0 Å². The number of hydrogen-bond acceptors (Lipinski definition) is 4. The third kappa shape index (κ3) is 4.61. The lowest BCUT2D eigenvalue weighted by Gasteiger charge is -2.36. The molecule has 24 heavy (non-hydrogen) atoms. The molecule has 1 aromatic carbocycles. The van der Waals surface area contributed by atoms with Crippen LogP contribution in [0.4, 0.5) is 0 Å². The highest BCUT2D eigenvalue weighted by atomic mass is 16.5. The highest BCUT2D eigenvalue weighted by molar-refractivity contribution is 5.92. The Morgan fingerprint density at radius 3 is 2.92 bits per heavy atom. The normalized spacial score (nSPS) is 20.9. The van der Waals surface area contributed by atoms with E-state index in [1.54, 1.807) is 25.3 Å². The highest BCUT2D eigenvalue weighted by Gasteiger charge is 2.25. The molecule has 1 aliphatic rings. The van der Waals surface area contributed by atoms with Crippen LogP contribution >= 0.6 is 0 Å². The van der Waals surface area contributed by atoms with Crippen molar-refractivity contribution in [3.63, 3.8) is 0 Å². The molecule has 2 atom stereocenters. The molecule has 1 amide bonds. The van der Waals surface area contributed by atoms with Crippen molar-refractivity contribution in [3.05, 3.63) is 42.5 Å². The van der Waals surface area contributed by atoms with Crippen molar-refractivity contribution >= 4 is 12.0 Å². The number of carbonyl (C=O) groups excluding carboxylic acids is 1. The van der Waals surface area contributed by atoms with E-state index in [0.717, 1.165) is 5.56 Å². The summed E-state index contributed by atoms with van der Waals surface area (Å²) in [5.74, 6) is 1.26. The number of hydrogen-bond donors (Lipinski definition) is 0. The molecule has 0 spiro atoms. The van der Waals surface area contributed by atoms with Gasteiger partial charge >= 0.3 is 0 Å². The van der Waals surface area contributed by atoms with Crippen molar-refractivity contribution in [1.82, 2.24) is 4.90 Å². The van der Waals surface area contributed by atoms with Gasteiger partial charge in [0, 0.05) is 12.6 Å². The Morgan fingerprint density at radius 1 is 1.42 bits per heavy atom. The van der Waals surface area contributed by atoms with Crippen LogP contribution in [0.1, 0.15) is 19.4 Å². The molecule has 0 bridgehead atoms. The molecule has 130 valence electrons. The Kier molecular flexibility index (Phi) is 6.44. The molecule has 5 heteroatoms. The second-order valence-corrected chi connectivity index (χ2v) is 5.83. The number of nitrogens with zero attached hydrogens (tertiary/aromatic N) is 1. The van der Waals surface area contributed by atoms with Crippen molar-refractivity contribution < 1.29 is 19.0 Å². The quantitative estimate of drug-likeness (QED) is 0.594. The van der Waals surface area contributed by atoms with Crippen LogP contribution in [0.25, 0.3) is 6.08 Å². The molecule has 5 nitrogen and oxygen atoms in total. The Bertz CT molecular complexity index is 611. The molecule has 0 N–H and O–H groups in total. The van der Waals surface area contributed by atoms with E-state index >= 15 is 0 Å². The van der Waals surface area contributed by atoms with Gasteiger partial charge in [-0.3, -0.25) is 4.79 Å². The van der Waals surface area contributed by atoms with Gasteiger partial charge in [0.2, 0.25) is 5.91 Å². The fourth-order valence-corrected chi connectivity index (χ4v) is 2.53. The zero-order chi connectivity index (χ0) is 17.5. The van der Waals surface area contributed by atoms with Gasteiger partial charge < -0.3 is 19.1 Å². The van der Waals surface area contributed by atoms with Gasteiger partial charge in [0.05, 0.1) is 25.9 Å². The molecule has 0 radical (unpaired) electrons. The fraction of sp³-hybridized carbons (Fsp3) is 0.421. The van der Waals surface area contributed by atoms with Crippen LogP contribution in [0.15, 0.2) is 36.9 Å². The molecule has 2 unspecified atom stereocenters. The average molecular weight is 331 g/mol. The third-order valence-corrected chi connectivity index (χ3v) is 3.85. The van der Waals surface area contributed by atoms with E-state index in [4.69, 9.17) is 14.2 Å². The summed E-state index contributed by atoms with van der Waals surface area (Å²) in [5.41, 5.74) is 0.875. The second-order valence-electron chi connectivity index (χ2n) is 5.83. The Morgan fingerprint density at radius 2 is 2.21 bits per heavy atom. The van der Waals surface area contributed by atoms with Crippen LogP contribution in [0.3, 0.4) is 0 Å². The average Bonchev–Trinajstić information content (AvgIpc) is 2.60. The lowest BCUT2D eigenvalue weighted by Crippen LogP contribution is -2.49. The van der Waals surface area contributed by atoms with Gasteiger partial charge in [0.1, 0.15) is 6.61 Å². The molecule has 1 heterocycles. The first-order chi connectivity index (χ1) is 11.5. The zero-order valence-electron chi connectivity index (χ0n) is 14.5. The number of carbonyl (C=O) groups is 1. The molecule has 2 rings (SSSR count). The summed E-state index contributed by atoms with van der Waals surface area (Å²) >= 11 is 0. The van der Waals surface area contributed by atoms with E-state index in [0.29, 0.717) is 31.3 Å². The van der Waals surface area contributed by atoms with Gasteiger partial charge in [-0.25, -0.2) is 0 Å². The lowest BCUT2D eigenvalue weighted by molar-refractivity contribution is -0.137. The maximum atomic E-state index is 12.4. The summed E-state index contributed by atoms with van der Waals surface area (Å²) in [4.78, 5) is 14.2. The molecular weight excluding hydrogens is 306 g/mol. The summed E-state index contributed by atoms with van der Waals surface area (Å²) < 4.78 is 16.4. The largest absolute Gasteiger partial charge is 0.493 e. The maximum Gasteiger partial charge on any atom is 0.246 e. The van der Waals surface area contributed by atoms with E-state index in [1.807, 2.05) is 36.9 Å². The van der Waals surface area contributed by atoms with Crippen molar-refractivity contribution in [2.24, 2.45) is 0 Å². The number of rotatable bonds is 6. The Labute approximate surface area is 143 Å². The molecule has 1 saturated heterocycles. The number of ether oxygens (including phenoxy) is 3. The standard InChI is InChI=1S/C19H25NO4/c1-5-10-23-17-8-6-16(11-18(17)22-4)7-9-19(21)20-12-15(3)24-13-14(20)2/h5-9,11,14-15H,1,10,12-13H2,2-4H3/b9-7+. The van der Waals surface area contributed by atoms with Gasteiger partial charge in [-0.15, -0.1) is 0 Å². The van der Waals surface area contributed by atoms with Crippen molar-refractivity contribution in [3.8, 4) is 11.5 Å². The van der Waals surface area contributed by atoms with Gasteiger partial charge in [-0.05, 0) is 37.6 Å². The Hall–Kier alpha value is -2.27. The summed E-state index contributed by atoms with van der Waals surface area (Å²) in [5, 5.41) is 0. The number of morpholine rings is 1. The minimum atomic E-state index is -0.0106. The van der Waals surface area contributed by atoms with Crippen LogP contribution < -0.4 is 9.47 Å². The van der Waals surface area contributed by atoms with E-state index in [9.17, 15) is 4.79 Å². The first kappa shape index (κ1) is 18.1. The van der Waals surface area contributed by atoms with Crippen LogP contribution in [-0.2, 0) is 9.53 Å². The fourth-order valence-electron chi connectivity index (χ4n) is 2.53. The van der Waals surface area contributed by atoms with Crippen LogP contribution in [-0.4, -0.2) is 49.8 Å². The smallest absolute Gasteiger partial charge is 0.246 e. The molecular formula is C19H25NO4. The lowest BCUT2D eigenvalue weighted by atomic mass is 10.1. The zero-order valence-corrected chi connectivity index (χ0v) is 14.5. The van der Waals surface area contributed by atoms with E-state index in [-0.39, 0.29) is 18.1 Å². The van der Waals surface area contributed by atoms with Gasteiger partial charge in [-0.2, -0.15) is 0 Å². The predicted molar refractivity (Wildman–Crippen MR) is 94.3 cm³/mol.